The summed E-state index contributed by atoms with van der Waals surface area (Å²) in [6.07, 6.45) is 0.0215. The van der Waals surface area contributed by atoms with Crippen molar-refractivity contribution in [2.24, 2.45) is 0 Å². The van der Waals surface area contributed by atoms with Gasteiger partial charge in [0, 0.05) is 42.2 Å². The van der Waals surface area contributed by atoms with Gasteiger partial charge in [-0.25, -0.2) is 18.1 Å². The van der Waals surface area contributed by atoms with Crippen molar-refractivity contribution in [3.05, 3.63) is 63.7 Å². The topological polar surface area (TPSA) is 114 Å². The zero-order chi connectivity index (χ0) is 29.9. The summed E-state index contributed by atoms with van der Waals surface area (Å²) in [4.78, 5) is 18.2. The number of hydrogen-bond acceptors (Lipinski definition) is 8. The lowest BCUT2D eigenvalue weighted by molar-refractivity contribution is -0.137. The highest BCUT2D eigenvalue weighted by atomic mass is 32.1. The molecule has 220 valence electrons. The fourth-order valence-electron chi connectivity index (χ4n) is 4.64. The molecular weight excluding hydrogens is 567 g/mol. The van der Waals surface area contributed by atoms with Gasteiger partial charge in [0.05, 0.1) is 29.6 Å². The van der Waals surface area contributed by atoms with E-state index in [4.69, 9.17) is 10.5 Å². The van der Waals surface area contributed by atoms with Gasteiger partial charge in [0.2, 0.25) is 5.88 Å². The van der Waals surface area contributed by atoms with E-state index in [0.717, 1.165) is 18.5 Å². The third-order valence-electron chi connectivity index (χ3n) is 6.47. The molecule has 41 heavy (non-hydrogen) atoms. The van der Waals surface area contributed by atoms with Crippen LogP contribution in [0.5, 0.6) is 5.88 Å². The molecule has 0 fully saturated rings. The van der Waals surface area contributed by atoms with Gasteiger partial charge < -0.3 is 26.4 Å². The summed E-state index contributed by atoms with van der Waals surface area (Å²) in [6, 6.07) is 2.21. The van der Waals surface area contributed by atoms with Crippen molar-refractivity contribution < 1.29 is 31.5 Å². The number of nitrogens with two attached hydrogens (primary N) is 1. The van der Waals surface area contributed by atoms with E-state index in [1.807, 2.05) is 19.1 Å². The highest BCUT2D eigenvalue weighted by Gasteiger charge is 2.39. The maximum Gasteiger partial charge on any atom is 0.417 e. The number of nitrogens with one attached hydrogen (secondary N) is 3. The number of hydrogen-bond donors (Lipinski definition) is 4. The number of benzene rings is 1. The third kappa shape index (κ3) is 6.59. The number of halogens is 5. The van der Waals surface area contributed by atoms with Gasteiger partial charge in [0.1, 0.15) is 17.1 Å². The number of pyridine rings is 1. The lowest BCUT2D eigenvalue weighted by Crippen LogP contribution is -2.37. The molecule has 1 amide bonds. The number of carbonyl (C=O) groups excluding carboxylic acids is 1. The number of alkyl halides is 3. The molecule has 0 aliphatic carbocycles. The van der Waals surface area contributed by atoms with Crippen LogP contribution in [0.4, 0.5) is 33.3 Å². The van der Waals surface area contributed by atoms with Crippen LogP contribution in [0.1, 0.15) is 46.6 Å². The fourth-order valence-corrected chi connectivity index (χ4v) is 5.16. The van der Waals surface area contributed by atoms with Crippen LogP contribution in [0.25, 0.3) is 11.3 Å². The summed E-state index contributed by atoms with van der Waals surface area (Å²) in [5.41, 5.74) is 0.513. The predicted octanol–water partition coefficient (Wildman–Crippen LogP) is 5.44. The number of ether oxygens (including phenoxy) is 1. The van der Waals surface area contributed by atoms with Crippen LogP contribution in [0, 0.1) is 18.6 Å². The minimum Gasteiger partial charge on any atom is -0.474 e. The van der Waals surface area contributed by atoms with Crippen LogP contribution >= 0.6 is 11.5 Å². The molecule has 5 N–H and O–H groups in total. The number of amides is 1. The summed E-state index contributed by atoms with van der Waals surface area (Å²) in [7, 11) is 0. The first-order valence-corrected chi connectivity index (χ1v) is 13.5. The third-order valence-corrected chi connectivity index (χ3v) is 7.21. The van der Waals surface area contributed by atoms with Crippen LogP contribution in [0.3, 0.4) is 0 Å². The summed E-state index contributed by atoms with van der Waals surface area (Å²) in [5.74, 6) is -3.65. The first-order valence-electron chi connectivity index (χ1n) is 12.8. The number of rotatable bonds is 5. The minimum absolute atomic E-state index is 0.00193. The van der Waals surface area contributed by atoms with Crippen LogP contribution in [-0.4, -0.2) is 40.5 Å². The molecule has 14 heteroatoms. The van der Waals surface area contributed by atoms with Crippen molar-refractivity contribution in [1.82, 2.24) is 20.0 Å². The normalized spacial score (nSPS) is 18.4. The zero-order valence-corrected chi connectivity index (χ0v) is 23.3. The number of fused-ring (bicyclic) bond motifs is 1. The van der Waals surface area contributed by atoms with Gasteiger partial charge in [-0.2, -0.15) is 13.2 Å². The van der Waals surface area contributed by atoms with Gasteiger partial charge in [-0.15, -0.1) is 0 Å². The van der Waals surface area contributed by atoms with Crippen LogP contribution in [-0.2, 0) is 12.7 Å². The number of nitrogens with zero attached hydrogens (tertiary/aromatic N) is 2. The molecule has 3 heterocycles. The number of anilines is 2. The Hall–Kier alpha value is -3.78. The Labute approximate surface area is 237 Å². The second-order valence-electron chi connectivity index (χ2n) is 9.49. The Morgan fingerprint density at radius 1 is 1.27 bits per heavy atom. The van der Waals surface area contributed by atoms with E-state index < -0.39 is 63.6 Å². The average molecular weight is 597 g/mol. The quantitative estimate of drug-likeness (QED) is 0.176. The van der Waals surface area contributed by atoms with Crippen molar-refractivity contribution in [2.75, 3.05) is 24.1 Å². The van der Waals surface area contributed by atoms with Gasteiger partial charge in [0.25, 0.3) is 5.91 Å². The van der Waals surface area contributed by atoms with E-state index in [1.54, 1.807) is 13.0 Å². The maximum atomic E-state index is 16.3. The van der Waals surface area contributed by atoms with Crippen LogP contribution in [0.2, 0.25) is 0 Å². The molecular formula is C27H29F5N6O2S. The SMILES string of the molecule is C/C=C/C1C[C@H](C)Oc2nc(-c3cc(N)c(F)c(C)c3C(F)(F)F)c(F)c(NCc3ccns3)c2C(=O)NCCN1. The fraction of sp³-hybridized carbons (Fsp3) is 0.370. The van der Waals surface area contributed by atoms with Gasteiger partial charge in [-0.05, 0) is 50.0 Å². The molecule has 4 rings (SSSR count). The van der Waals surface area contributed by atoms with Crippen LogP contribution in [0.15, 0.2) is 30.5 Å². The van der Waals surface area contributed by atoms with E-state index in [0.29, 0.717) is 23.9 Å². The molecule has 3 aromatic rings. The first kappa shape index (κ1) is 30.2. The average Bonchev–Trinajstić information content (AvgIpc) is 3.41. The molecule has 1 aliphatic rings. The van der Waals surface area contributed by atoms with Crippen molar-refractivity contribution in [3.63, 3.8) is 0 Å². The molecule has 8 nitrogen and oxygen atoms in total. The number of nitrogen functional groups attached to an aromatic ring is 1. The van der Waals surface area contributed by atoms with Gasteiger partial charge in [-0.1, -0.05) is 12.2 Å². The minimum atomic E-state index is -5.08. The Bertz CT molecular complexity index is 1450. The van der Waals surface area contributed by atoms with Gasteiger partial charge in [-0.3, -0.25) is 4.79 Å². The number of carbonyl (C=O) groups is 1. The summed E-state index contributed by atoms with van der Waals surface area (Å²) in [6.45, 7) is 5.02. The van der Waals surface area contributed by atoms with Crippen molar-refractivity contribution in [2.45, 2.75) is 52.1 Å². The molecule has 1 unspecified atom stereocenters. The monoisotopic (exact) mass is 596 g/mol. The molecule has 1 aromatic carbocycles. The highest BCUT2D eigenvalue weighted by molar-refractivity contribution is 7.05. The van der Waals surface area contributed by atoms with Crippen molar-refractivity contribution in [1.29, 1.82) is 0 Å². The standard InChI is InChI=1S/C27H29F5N6O2S/c1-4-5-15-10-13(2)40-26-19(25(39)35-9-8-34-15)24(36-12-16-6-7-37-41-16)22(29)23(38-26)17-11-18(33)21(28)14(3)20(17)27(30,31)32/h4-7,11,13,15,34H,8-10,12,33H2,1-3H3,(H,35,39)(H,36,38)/b5-4+/t13-,15?/m0/s1. The Balaban J connectivity index is 1.98. The van der Waals surface area contributed by atoms with E-state index in [1.165, 1.54) is 6.20 Å². The zero-order valence-electron chi connectivity index (χ0n) is 22.5. The Morgan fingerprint density at radius 3 is 2.68 bits per heavy atom. The second kappa shape index (κ2) is 12.4. The van der Waals surface area contributed by atoms with Crippen molar-refractivity contribution in [3.8, 4) is 17.1 Å². The summed E-state index contributed by atoms with van der Waals surface area (Å²) in [5, 5.41) is 8.78. The molecule has 0 saturated carbocycles. The molecule has 0 radical (unpaired) electrons. The van der Waals surface area contributed by atoms with Gasteiger partial charge in [0.15, 0.2) is 5.82 Å². The Kier molecular flexibility index (Phi) is 9.12. The van der Waals surface area contributed by atoms with E-state index in [9.17, 15) is 22.4 Å². The summed E-state index contributed by atoms with van der Waals surface area (Å²) < 4.78 is 83.6. The van der Waals surface area contributed by atoms with Gasteiger partial charge >= 0.3 is 6.18 Å². The molecule has 1 aliphatic heterocycles. The summed E-state index contributed by atoms with van der Waals surface area (Å²) >= 11 is 1.12. The molecule has 0 spiro atoms. The molecule has 2 atom stereocenters. The lowest BCUT2D eigenvalue weighted by atomic mass is 9.95. The maximum absolute atomic E-state index is 16.3. The smallest absolute Gasteiger partial charge is 0.417 e. The lowest BCUT2D eigenvalue weighted by Gasteiger charge is -2.23. The van der Waals surface area contributed by atoms with Crippen molar-refractivity contribution >= 4 is 28.8 Å². The second-order valence-corrected chi connectivity index (χ2v) is 10.4. The van der Waals surface area contributed by atoms with E-state index in [2.05, 4.69) is 25.3 Å². The number of allylic oxidation sites excluding steroid dienone is 1. The largest absolute Gasteiger partial charge is 0.474 e. The first-order chi connectivity index (χ1) is 19.4. The van der Waals surface area contributed by atoms with E-state index in [-0.39, 0.29) is 30.6 Å². The van der Waals surface area contributed by atoms with Crippen LogP contribution < -0.4 is 26.4 Å². The number of aromatic nitrogens is 2. The molecule has 0 bridgehead atoms. The Morgan fingerprint density at radius 2 is 2.02 bits per heavy atom. The predicted molar refractivity (Wildman–Crippen MR) is 147 cm³/mol. The molecule has 0 saturated heterocycles. The highest BCUT2D eigenvalue weighted by Crippen LogP contribution is 2.44. The van der Waals surface area contributed by atoms with E-state index >= 15 is 4.39 Å². The molecule has 2 aromatic heterocycles.